The molecule has 0 amide bonds. The first kappa shape index (κ1) is 14.3. The van der Waals surface area contributed by atoms with E-state index in [1.54, 1.807) is 0 Å². The van der Waals surface area contributed by atoms with Gasteiger partial charge in [0.15, 0.2) is 0 Å². The van der Waals surface area contributed by atoms with Crippen molar-refractivity contribution in [1.82, 2.24) is 0 Å². The second-order valence-electron chi connectivity index (χ2n) is 5.83. The van der Waals surface area contributed by atoms with E-state index in [0.717, 1.165) is 24.4 Å². The number of nitrogens with two attached hydrogens (primary N) is 1. The van der Waals surface area contributed by atoms with E-state index in [1.807, 2.05) is 12.1 Å². The van der Waals surface area contributed by atoms with Gasteiger partial charge in [0.05, 0.1) is 5.54 Å². The van der Waals surface area contributed by atoms with Crippen molar-refractivity contribution in [2.45, 2.75) is 44.6 Å². The number of nitrogens with zero attached hydrogens (tertiary/aromatic N) is 1. The van der Waals surface area contributed by atoms with Gasteiger partial charge in [-0.2, -0.15) is 0 Å². The molecule has 0 saturated heterocycles. The van der Waals surface area contributed by atoms with Crippen LogP contribution >= 0.6 is 0 Å². The summed E-state index contributed by atoms with van der Waals surface area (Å²) in [5, 5.41) is 0. The van der Waals surface area contributed by atoms with E-state index in [1.165, 1.54) is 31.4 Å². The molecule has 0 heterocycles. The molecule has 1 aliphatic carbocycles. The third kappa shape index (κ3) is 2.92. The molecule has 0 spiro atoms. The summed E-state index contributed by atoms with van der Waals surface area (Å²) < 4.78 is 13.0. The number of rotatable bonds is 4. The largest absolute Gasteiger partial charge is 0.368 e. The molecule has 2 rings (SSSR count). The van der Waals surface area contributed by atoms with Crippen molar-refractivity contribution in [3.8, 4) is 0 Å². The average molecular weight is 264 g/mol. The van der Waals surface area contributed by atoms with Crippen LogP contribution in [0.25, 0.3) is 0 Å². The maximum atomic E-state index is 13.0. The Kier molecular flexibility index (Phi) is 4.46. The molecule has 106 valence electrons. The van der Waals surface area contributed by atoms with Crippen molar-refractivity contribution in [3.63, 3.8) is 0 Å². The molecule has 0 aromatic heterocycles. The molecule has 2 N–H and O–H groups in total. The first-order valence-corrected chi connectivity index (χ1v) is 7.31. The van der Waals surface area contributed by atoms with E-state index in [4.69, 9.17) is 5.73 Å². The van der Waals surface area contributed by atoms with Gasteiger partial charge in [0, 0.05) is 19.3 Å². The van der Waals surface area contributed by atoms with Crippen LogP contribution in [-0.4, -0.2) is 19.1 Å². The molecular weight excluding hydrogens is 239 g/mol. The van der Waals surface area contributed by atoms with Gasteiger partial charge in [-0.25, -0.2) is 4.39 Å². The molecule has 0 radical (unpaired) electrons. The summed E-state index contributed by atoms with van der Waals surface area (Å²) in [4.78, 5) is 2.27. The molecule has 3 heteroatoms. The quantitative estimate of drug-likeness (QED) is 0.901. The molecule has 1 aromatic carbocycles. The predicted molar refractivity (Wildman–Crippen MR) is 78.8 cm³/mol. The summed E-state index contributed by atoms with van der Waals surface area (Å²) in [7, 11) is 2.10. The molecule has 19 heavy (non-hydrogen) atoms. The molecule has 1 aromatic rings. The Hall–Kier alpha value is -1.09. The van der Waals surface area contributed by atoms with E-state index < -0.39 is 0 Å². The molecule has 1 fully saturated rings. The summed E-state index contributed by atoms with van der Waals surface area (Å²) in [6, 6.07) is 6.75. The first-order chi connectivity index (χ1) is 9.11. The van der Waals surface area contributed by atoms with Gasteiger partial charge >= 0.3 is 0 Å². The fourth-order valence-corrected chi connectivity index (χ4v) is 3.38. The highest BCUT2D eigenvalue weighted by Crippen LogP contribution is 2.39. The highest BCUT2D eigenvalue weighted by molar-refractivity contribution is 5.48. The maximum Gasteiger partial charge on any atom is 0.123 e. The molecule has 2 unspecified atom stereocenters. The van der Waals surface area contributed by atoms with Gasteiger partial charge in [-0.1, -0.05) is 26.2 Å². The first-order valence-electron chi connectivity index (χ1n) is 7.31. The normalized spacial score (nSPS) is 27.3. The fourth-order valence-electron chi connectivity index (χ4n) is 3.38. The maximum absolute atomic E-state index is 13.0. The molecule has 0 aliphatic heterocycles. The number of halogens is 1. The van der Waals surface area contributed by atoms with Crippen molar-refractivity contribution in [2.75, 3.05) is 18.5 Å². The number of likely N-dealkylation sites (N-methyl/N-ethyl adjacent to an activating group) is 1. The van der Waals surface area contributed by atoms with Crippen LogP contribution in [0.2, 0.25) is 0 Å². The third-order valence-electron chi connectivity index (χ3n) is 4.81. The molecule has 0 bridgehead atoms. The van der Waals surface area contributed by atoms with Gasteiger partial charge in [0.25, 0.3) is 0 Å². The van der Waals surface area contributed by atoms with E-state index in [2.05, 4.69) is 18.9 Å². The zero-order chi connectivity index (χ0) is 13.9. The van der Waals surface area contributed by atoms with Crippen LogP contribution in [0.5, 0.6) is 0 Å². The van der Waals surface area contributed by atoms with Gasteiger partial charge in [-0.05, 0) is 43.0 Å². The lowest BCUT2D eigenvalue weighted by molar-refractivity contribution is 0.218. The van der Waals surface area contributed by atoms with Crippen LogP contribution < -0.4 is 10.6 Å². The molecule has 1 saturated carbocycles. The minimum absolute atomic E-state index is 0.0384. The lowest BCUT2D eigenvalue weighted by atomic mass is 9.73. The summed E-state index contributed by atoms with van der Waals surface area (Å²) in [6.07, 6.45) is 6.05. The Bertz CT molecular complexity index is 404. The lowest BCUT2D eigenvalue weighted by Gasteiger charge is -2.47. The van der Waals surface area contributed by atoms with Crippen LogP contribution in [0.15, 0.2) is 24.3 Å². The number of hydrogen-bond acceptors (Lipinski definition) is 2. The summed E-state index contributed by atoms with van der Waals surface area (Å²) in [5.41, 5.74) is 7.20. The standard InChI is InChI=1S/C16H25FN2/c1-3-13-5-4-10-16(11-13,12-18)19(2)15-8-6-14(17)7-9-15/h6-9,13H,3-5,10-12,18H2,1-2H3. The third-order valence-corrected chi connectivity index (χ3v) is 4.81. The van der Waals surface area contributed by atoms with Crippen LogP contribution in [0.1, 0.15) is 39.0 Å². The number of benzene rings is 1. The zero-order valence-electron chi connectivity index (χ0n) is 12.0. The van der Waals surface area contributed by atoms with Crippen LogP contribution in [0.3, 0.4) is 0 Å². The number of anilines is 1. The van der Waals surface area contributed by atoms with E-state index in [9.17, 15) is 4.39 Å². The Morgan fingerprint density at radius 3 is 2.63 bits per heavy atom. The van der Waals surface area contributed by atoms with Crippen molar-refractivity contribution in [3.05, 3.63) is 30.1 Å². The summed E-state index contributed by atoms with van der Waals surface area (Å²) in [5.74, 6) is 0.578. The molecule has 2 nitrogen and oxygen atoms in total. The molecular formula is C16H25FN2. The highest BCUT2D eigenvalue weighted by atomic mass is 19.1. The van der Waals surface area contributed by atoms with Crippen LogP contribution in [0, 0.1) is 11.7 Å². The lowest BCUT2D eigenvalue weighted by Crippen LogP contribution is -2.55. The fraction of sp³-hybridized carbons (Fsp3) is 0.625. The van der Waals surface area contributed by atoms with Crippen molar-refractivity contribution >= 4 is 5.69 Å². The summed E-state index contributed by atoms with van der Waals surface area (Å²) in [6.45, 7) is 2.92. The number of hydrogen-bond donors (Lipinski definition) is 1. The van der Waals surface area contributed by atoms with Gasteiger partial charge in [0.1, 0.15) is 5.82 Å². The topological polar surface area (TPSA) is 29.3 Å². The smallest absolute Gasteiger partial charge is 0.123 e. The Labute approximate surface area is 115 Å². The van der Waals surface area contributed by atoms with Crippen molar-refractivity contribution in [2.24, 2.45) is 11.7 Å². The van der Waals surface area contributed by atoms with E-state index in [-0.39, 0.29) is 11.4 Å². The SMILES string of the molecule is CCC1CCCC(CN)(N(C)c2ccc(F)cc2)C1. The van der Waals surface area contributed by atoms with Gasteiger partial charge in [-0.3, -0.25) is 0 Å². The minimum atomic E-state index is -0.186. The van der Waals surface area contributed by atoms with Gasteiger partial charge in [-0.15, -0.1) is 0 Å². The zero-order valence-corrected chi connectivity index (χ0v) is 12.0. The summed E-state index contributed by atoms with van der Waals surface area (Å²) >= 11 is 0. The Balaban J connectivity index is 2.22. The predicted octanol–water partition coefficient (Wildman–Crippen LogP) is 3.56. The highest BCUT2D eigenvalue weighted by Gasteiger charge is 2.38. The second-order valence-corrected chi connectivity index (χ2v) is 5.83. The molecule has 2 atom stereocenters. The van der Waals surface area contributed by atoms with E-state index >= 15 is 0 Å². The Morgan fingerprint density at radius 1 is 1.37 bits per heavy atom. The van der Waals surface area contributed by atoms with Crippen LogP contribution in [-0.2, 0) is 0 Å². The van der Waals surface area contributed by atoms with E-state index in [0.29, 0.717) is 6.54 Å². The van der Waals surface area contributed by atoms with Crippen LogP contribution in [0.4, 0.5) is 10.1 Å². The monoisotopic (exact) mass is 264 g/mol. The van der Waals surface area contributed by atoms with Crippen molar-refractivity contribution in [1.29, 1.82) is 0 Å². The molecule has 1 aliphatic rings. The van der Waals surface area contributed by atoms with Crippen molar-refractivity contribution < 1.29 is 4.39 Å². The average Bonchev–Trinajstić information content (AvgIpc) is 2.47. The minimum Gasteiger partial charge on any atom is -0.368 e. The Morgan fingerprint density at radius 2 is 2.05 bits per heavy atom. The van der Waals surface area contributed by atoms with Gasteiger partial charge in [0.2, 0.25) is 0 Å². The second kappa shape index (κ2) is 5.91. The van der Waals surface area contributed by atoms with Gasteiger partial charge < -0.3 is 10.6 Å².